The first-order valence-corrected chi connectivity index (χ1v) is 5.88. The monoisotopic (exact) mass is 197 g/mol. The van der Waals surface area contributed by atoms with Crippen LogP contribution < -0.4 is 5.30 Å². The molecule has 0 aliphatic carbocycles. The molecule has 0 saturated carbocycles. The fourth-order valence-electron chi connectivity index (χ4n) is 0.745. The van der Waals surface area contributed by atoms with Crippen LogP contribution in [0, 0.1) is 0 Å². The standard InChI is InChI=1S/C9H10OPS/c1-2-8-10-11(12)9-6-4-3-5-7-9/h2-7H,1,8H2/q+1. The number of hydrogen-bond donors (Lipinski definition) is 0. The molecule has 1 rings (SSSR count). The molecule has 0 aromatic heterocycles. The van der Waals surface area contributed by atoms with E-state index in [0.717, 1.165) is 5.30 Å². The van der Waals surface area contributed by atoms with Gasteiger partial charge in [0.25, 0.3) is 0 Å². The summed E-state index contributed by atoms with van der Waals surface area (Å²) in [6, 6.07) is 9.88. The zero-order chi connectivity index (χ0) is 8.81. The molecule has 1 aromatic rings. The smallest absolute Gasteiger partial charge is 0.160 e. The van der Waals surface area contributed by atoms with E-state index in [9.17, 15) is 0 Å². The van der Waals surface area contributed by atoms with E-state index in [1.165, 1.54) is 0 Å². The summed E-state index contributed by atoms with van der Waals surface area (Å²) in [5.74, 6) is 0. The van der Waals surface area contributed by atoms with Gasteiger partial charge in [-0.25, -0.2) is 0 Å². The van der Waals surface area contributed by atoms with Crippen molar-refractivity contribution in [3.05, 3.63) is 43.0 Å². The van der Waals surface area contributed by atoms with Crippen LogP contribution in [-0.4, -0.2) is 6.61 Å². The number of benzene rings is 1. The average molecular weight is 197 g/mol. The van der Waals surface area contributed by atoms with Gasteiger partial charge in [0, 0.05) is 0 Å². The van der Waals surface area contributed by atoms with Crippen molar-refractivity contribution in [2.75, 3.05) is 6.61 Å². The average Bonchev–Trinajstić information content (AvgIpc) is 2.15. The normalized spacial score (nSPS) is 10.8. The minimum atomic E-state index is -0.869. The Balaban J connectivity index is 2.59. The first-order chi connectivity index (χ1) is 5.84. The first kappa shape index (κ1) is 9.53. The highest BCUT2D eigenvalue weighted by Gasteiger charge is 2.13. The SMILES string of the molecule is C=CCO[P+](=S)c1ccccc1. The fourth-order valence-corrected chi connectivity index (χ4v) is 2.10. The molecule has 0 aliphatic rings. The van der Waals surface area contributed by atoms with Crippen LogP contribution in [0.3, 0.4) is 0 Å². The van der Waals surface area contributed by atoms with Crippen LogP contribution in [0.15, 0.2) is 43.0 Å². The molecule has 0 amide bonds. The van der Waals surface area contributed by atoms with Crippen LogP contribution in [-0.2, 0) is 16.3 Å². The van der Waals surface area contributed by atoms with Crippen molar-refractivity contribution in [3.63, 3.8) is 0 Å². The zero-order valence-electron chi connectivity index (χ0n) is 6.64. The van der Waals surface area contributed by atoms with Crippen molar-refractivity contribution < 1.29 is 4.52 Å². The number of rotatable bonds is 4. The van der Waals surface area contributed by atoms with E-state index in [1.807, 2.05) is 30.3 Å². The topological polar surface area (TPSA) is 9.23 Å². The van der Waals surface area contributed by atoms with Crippen molar-refractivity contribution in [1.29, 1.82) is 0 Å². The fraction of sp³-hybridized carbons (Fsp3) is 0.111. The predicted molar refractivity (Wildman–Crippen MR) is 56.5 cm³/mol. The van der Waals surface area contributed by atoms with Gasteiger partial charge in [0.1, 0.15) is 6.61 Å². The molecule has 0 fully saturated rings. The Morgan fingerprint density at radius 2 is 2.08 bits per heavy atom. The molecular weight excluding hydrogens is 187 g/mol. The Bertz CT molecular complexity index is 271. The van der Waals surface area contributed by atoms with Gasteiger partial charge in [-0.15, -0.1) is 6.58 Å². The molecule has 1 atom stereocenters. The second-order valence-corrected chi connectivity index (χ2v) is 4.46. The van der Waals surface area contributed by atoms with Crippen molar-refractivity contribution in [2.24, 2.45) is 0 Å². The van der Waals surface area contributed by atoms with E-state index in [4.69, 9.17) is 16.3 Å². The minimum Gasteiger partial charge on any atom is -0.160 e. The lowest BCUT2D eigenvalue weighted by Gasteiger charge is -1.88. The third kappa shape index (κ3) is 2.82. The Morgan fingerprint density at radius 1 is 1.42 bits per heavy atom. The van der Waals surface area contributed by atoms with Crippen LogP contribution >= 0.6 is 6.92 Å². The summed E-state index contributed by atoms with van der Waals surface area (Å²) >= 11 is 5.16. The van der Waals surface area contributed by atoms with Gasteiger partial charge < -0.3 is 0 Å². The highest BCUT2D eigenvalue weighted by atomic mass is 32.4. The molecule has 1 unspecified atom stereocenters. The van der Waals surface area contributed by atoms with Gasteiger partial charge >= 0.3 is 6.92 Å². The molecule has 0 heterocycles. The van der Waals surface area contributed by atoms with Crippen molar-refractivity contribution >= 4 is 24.0 Å². The summed E-state index contributed by atoms with van der Waals surface area (Å²) in [6.45, 7) is 3.23. The third-order valence-corrected chi connectivity index (χ3v) is 3.33. The summed E-state index contributed by atoms with van der Waals surface area (Å²) in [7, 11) is 0. The highest BCUT2D eigenvalue weighted by Crippen LogP contribution is 2.20. The molecule has 1 aromatic carbocycles. The summed E-state index contributed by atoms with van der Waals surface area (Å²) < 4.78 is 5.34. The molecule has 0 spiro atoms. The molecule has 1 nitrogen and oxygen atoms in total. The molecule has 0 bridgehead atoms. The second kappa shape index (κ2) is 5.15. The van der Waals surface area contributed by atoms with E-state index >= 15 is 0 Å². The van der Waals surface area contributed by atoms with Crippen molar-refractivity contribution in [3.8, 4) is 0 Å². The highest BCUT2D eigenvalue weighted by molar-refractivity contribution is 8.06. The van der Waals surface area contributed by atoms with Crippen LogP contribution in [0.2, 0.25) is 0 Å². The maximum atomic E-state index is 5.34. The van der Waals surface area contributed by atoms with E-state index in [-0.39, 0.29) is 0 Å². The molecule has 0 radical (unpaired) electrons. The summed E-state index contributed by atoms with van der Waals surface area (Å²) in [6.07, 6.45) is 1.71. The second-order valence-electron chi connectivity index (χ2n) is 2.18. The minimum absolute atomic E-state index is 0.532. The van der Waals surface area contributed by atoms with Crippen LogP contribution in [0.25, 0.3) is 0 Å². The molecule has 62 valence electrons. The summed E-state index contributed by atoms with van der Waals surface area (Å²) in [5.41, 5.74) is 0. The van der Waals surface area contributed by atoms with Gasteiger partial charge in [0.15, 0.2) is 5.30 Å². The van der Waals surface area contributed by atoms with Crippen molar-refractivity contribution in [1.82, 2.24) is 0 Å². The Labute approximate surface area is 78.6 Å². The molecular formula is C9H10OPS+. The molecule has 3 heteroatoms. The van der Waals surface area contributed by atoms with Gasteiger partial charge in [-0.2, -0.15) is 4.52 Å². The molecule has 12 heavy (non-hydrogen) atoms. The van der Waals surface area contributed by atoms with Crippen LogP contribution in [0.4, 0.5) is 0 Å². The number of hydrogen-bond acceptors (Lipinski definition) is 2. The van der Waals surface area contributed by atoms with Gasteiger partial charge in [-0.1, -0.05) is 24.3 Å². The zero-order valence-corrected chi connectivity index (χ0v) is 8.35. The molecule has 0 saturated heterocycles. The lowest BCUT2D eigenvalue weighted by Crippen LogP contribution is -1.96. The molecule has 0 aliphatic heterocycles. The van der Waals surface area contributed by atoms with E-state index in [1.54, 1.807) is 6.08 Å². The van der Waals surface area contributed by atoms with Crippen molar-refractivity contribution in [2.45, 2.75) is 0 Å². The van der Waals surface area contributed by atoms with Crippen LogP contribution in [0.5, 0.6) is 0 Å². The Hall–Kier alpha value is -0.560. The Morgan fingerprint density at radius 3 is 2.67 bits per heavy atom. The van der Waals surface area contributed by atoms with Gasteiger partial charge in [-0.3, -0.25) is 0 Å². The Kier molecular flexibility index (Phi) is 4.09. The third-order valence-electron chi connectivity index (χ3n) is 1.28. The first-order valence-electron chi connectivity index (χ1n) is 3.60. The quantitative estimate of drug-likeness (QED) is 0.541. The largest absolute Gasteiger partial charge is 0.378 e. The summed E-state index contributed by atoms with van der Waals surface area (Å²) in [5, 5.41) is 1.09. The maximum Gasteiger partial charge on any atom is 0.378 e. The molecule has 0 N–H and O–H groups in total. The van der Waals surface area contributed by atoms with E-state index in [2.05, 4.69) is 6.58 Å². The van der Waals surface area contributed by atoms with Gasteiger partial charge in [0.05, 0.1) is 0 Å². The van der Waals surface area contributed by atoms with E-state index < -0.39 is 6.92 Å². The summed E-state index contributed by atoms with van der Waals surface area (Å²) in [4.78, 5) is 0. The van der Waals surface area contributed by atoms with Crippen LogP contribution in [0.1, 0.15) is 0 Å². The lowest BCUT2D eigenvalue weighted by atomic mass is 10.4. The van der Waals surface area contributed by atoms with E-state index in [0.29, 0.717) is 6.61 Å². The lowest BCUT2D eigenvalue weighted by molar-refractivity contribution is 0.420. The maximum absolute atomic E-state index is 5.34. The van der Waals surface area contributed by atoms with Gasteiger partial charge in [-0.05, 0) is 12.1 Å². The van der Waals surface area contributed by atoms with Gasteiger partial charge in [0.2, 0.25) is 11.8 Å². The predicted octanol–water partition coefficient (Wildman–Crippen LogP) is 2.37.